The summed E-state index contributed by atoms with van der Waals surface area (Å²) in [5, 5.41) is 0. The summed E-state index contributed by atoms with van der Waals surface area (Å²) < 4.78 is 4.93. The molecular formula is C17H21N3O4. The predicted octanol–water partition coefficient (Wildman–Crippen LogP) is 1.34. The lowest BCUT2D eigenvalue weighted by atomic mass is 10.1. The highest BCUT2D eigenvalue weighted by Gasteiger charge is 2.25. The molecule has 0 radical (unpaired) electrons. The lowest BCUT2D eigenvalue weighted by molar-refractivity contribution is -0.127. The van der Waals surface area contributed by atoms with Crippen molar-refractivity contribution in [3.8, 4) is 0 Å². The molecule has 0 saturated carbocycles. The fourth-order valence-corrected chi connectivity index (χ4v) is 2.97. The van der Waals surface area contributed by atoms with Gasteiger partial charge in [-0.2, -0.15) is 0 Å². The van der Waals surface area contributed by atoms with Crippen molar-refractivity contribution in [3.63, 3.8) is 0 Å². The summed E-state index contributed by atoms with van der Waals surface area (Å²) in [4.78, 5) is 40.7. The molecule has 1 aromatic rings. The number of nitrogens with zero attached hydrogens (tertiary/aromatic N) is 3. The second kappa shape index (κ2) is 6.90. The Morgan fingerprint density at radius 3 is 2.79 bits per heavy atom. The average molecular weight is 331 g/mol. The van der Waals surface area contributed by atoms with Crippen LogP contribution in [0.2, 0.25) is 0 Å². The fraction of sp³-hybridized carbons (Fsp3) is 0.471. The summed E-state index contributed by atoms with van der Waals surface area (Å²) in [7, 11) is 1.72. The van der Waals surface area contributed by atoms with Crippen LogP contribution in [0.15, 0.2) is 24.3 Å². The number of anilines is 1. The van der Waals surface area contributed by atoms with Crippen molar-refractivity contribution in [2.24, 2.45) is 0 Å². The van der Waals surface area contributed by atoms with Gasteiger partial charge in [-0.1, -0.05) is 6.07 Å². The number of carbonyl (C=O) groups is 3. The predicted molar refractivity (Wildman–Crippen MR) is 87.9 cm³/mol. The SMILES string of the molecule is CN(CCN1CCCC1=O)C(=O)c1cccc(N2CCOC2=O)c1. The molecule has 0 aromatic heterocycles. The van der Waals surface area contributed by atoms with Crippen LogP contribution in [0.4, 0.5) is 10.5 Å². The maximum absolute atomic E-state index is 12.6. The standard InChI is InChI=1S/C17H21N3O4/c1-18(8-9-19-7-3-6-15(19)21)16(22)13-4-2-5-14(12-13)20-10-11-24-17(20)23/h2,4-5,12H,3,6-11H2,1H3. The normalized spacial score (nSPS) is 17.4. The van der Waals surface area contributed by atoms with Gasteiger partial charge in [-0.3, -0.25) is 14.5 Å². The molecule has 2 fully saturated rings. The zero-order valence-corrected chi connectivity index (χ0v) is 13.7. The van der Waals surface area contributed by atoms with Crippen molar-refractivity contribution < 1.29 is 19.1 Å². The van der Waals surface area contributed by atoms with Gasteiger partial charge >= 0.3 is 6.09 Å². The number of likely N-dealkylation sites (N-methyl/N-ethyl adjacent to an activating group) is 1. The van der Waals surface area contributed by atoms with Crippen LogP contribution in [0.3, 0.4) is 0 Å². The zero-order chi connectivity index (χ0) is 17.1. The Labute approximate surface area is 140 Å². The number of benzene rings is 1. The monoisotopic (exact) mass is 331 g/mol. The minimum absolute atomic E-state index is 0.129. The van der Waals surface area contributed by atoms with Gasteiger partial charge < -0.3 is 14.5 Å². The zero-order valence-electron chi connectivity index (χ0n) is 13.7. The van der Waals surface area contributed by atoms with Crippen LogP contribution in [-0.4, -0.2) is 67.5 Å². The highest BCUT2D eigenvalue weighted by atomic mass is 16.6. The summed E-state index contributed by atoms with van der Waals surface area (Å²) in [5.41, 5.74) is 1.17. The summed E-state index contributed by atoms with van der Waals surface area (Å²) in [6, 6.07) is 6.97. The number of ether oxygens (including phenoxy) is 1. The number of carbonyl (C=O) groups excluding carboxylic acids is 3. The first-order valence-corrected chi connectivity index (χ1v) is 8.14. The Hall–Kier alpha value is -2.57. The Morgan fingerprint density at radius 1 is 1.29 bits per heavy atom. The van der Waals surface area contributed by atoms with Gasteiger partial charge in [0.05, 0.1) is 6.54 Å². The molecule has 2 aliphatic heterocycles. The van der Waals surface area contributed by atoms with Crippen molar-refractivity contribution >= 4 is 23.6 Å². The highest BCUT2D eigenvalue weighted by Crippen LogP contribution is 2.20. The molecule has 128 valence electrons. The first-order valence-electron chi connectivity index (χ1n) is 8.14. The van der Waals surface area contributed by atoms with E-state index in [0.29, 0.717) is 43.9 Å². The number of cyclic esters (lactones) is 1. The van der Waals surface area contributed by atoms with Gasteiger partial charge in [0.1, 0.15) is 6.61 Å². The van der Waals surface area contributed by atoms with E-state index in [9.17, 15) is 14.4 Å². The van der Waals surface area contributed by atoms with Gasteiger partial charge in [-0.05, 0) is 24.6 Å². The Morgan fingerprint density at radius 2 is 2.12 bits per heavy atom. The van der Waals surface area contributed by atoms with E-state index in [1.54, 1.807) is 41.1 Å². The maximum Gasteiger partial charge on any atom is 0.414 e. The number of hydrogen-bond acceptors (Lipinski definition) is 4. The quantitative estimate of drug-likeness (QED) is 0.816. The van der Waals surface area contributed by atoms with Crippen molar-refractivity contribution in [1.82, 2.24) is 9.80 Å². The van der Waals surface area contributed by atoms with Gasteiger partial charge in [0.2, 0.25) is 5.91 Å². The van der Waals surface area contributed by atoms with Crippen LogP contribution in [0.1, 0.15) is 23.2 Å². The number of amides is 3. The minimum atomic E-state index is -0.388. The third-order valence-corrected chi connectivity index (χ3v) is 4.39. The van der Waals surface area contributed by atoms with Gasteiger partial charge in [-0.15, -0.1) is 0 Å². The van der Waals surface area contributed by atoms with Crippen LogP contribution in [0.25, 0.3) is 0 Å². The van der Waals surface area contributed by atoms with E-state index in [-0.39, 0.29) is 17.9 Å². The van der Waals surface area contributed by atoms with E-state index in [2.05, 4.69) is 0 Å². The topological polar surface area (TPSA) is 70.2 Å². The van der Waals surface area contributed by atoms with E-state index in [4.69, 9.17) is 4.74 Å². The van der Waals surface area contributed by atoms with Crippen molar-refractivity contribution in [1.29, 1.82) is 0 Å². The molecule has 3 amide bonds. The van der Waals surface area contributed by atoms with Gasteiger partial charge in [0.15, 0.2) is 0 Å². The second-order valence-corrected chi connectivity index (χ2v) is 6.03. The molecular weight excluding hydrogens is 310 g/mol. The van der Waals surface area contributed by atoms with E-state index >= 15 is 0 Å². The smallest absolute Gasteiger partial charge is 0.414 e. The summed E-state index contributed by atoms with van der Waals surface area (Å²) in [6.45, 7) is 2.66. The molecule has 2 aliphatic rings. The molecule has 24 heavy (non-hydrogen) atoms. The van der Waals surface area contributed by atoms with Crippen molar-refractivity contribution in [3.05, 3.63) is 29.8 Å². The maximum atomic E-state index is 12.6. The highest BCUT2D eigenvalue weighted by molar-refractivity contribution is 5.97. The molecule has 0 unspecified atom stereocenters. The van der Waals surface area contributed by atoms with E-state index < -0.39 is 0 Å². The minimum Gasteiger partial charge on any atom is -0.447 e. The molecule has 0 aliphatic carbocycles. The van der Waals surface area contributed by atoms with E-state index in [1.165, 1.54) is 4.90 Å². The summed E-state index contributed by atoms with van der Waals surface area (Å²) in [6.07, 6.45) is 1.11. The molecule has 2 saturated heterocycles. The molecule has 0 bridgehead atoms. The van der Waals surface area contributed by atoms with Gasteiger partial charge in [0, 0.05) is 44.4 Å². The number of hydrogen-bond donors (Lipinski definition) is 0. The lowest BCUT2D eigenvalue weighted by Crippen LogP contribution is -2.37. The molecule has 1 aromatic carbocycles. The summed E-state index contributed by atoms with van der Waals surface area (Å²) in [5.74, 6) is 0.0291. The Balaban J connectivity index is 1.63. The lowest BCUT2D eigenvalue weighted by Gasteiger charge is -2.22. The van der Waals surface area contributed by atoms with Crippen molar-refractivity contribution in [2.45, 2.75) is 12.8 Å². The van der Waals surface area contributed by atoms with Crippen molar-refractivity contribution in [2.75, 3.05) is 44.7 Å². The molecule has 7 heteroatoms. The summed E-state index contributed by atoms with van der Waals surface area (Å²) >= 11 is 0. The third kappa shape index (κ3) is 3.34. The van der Waals surface area contributed by atoms with E-state index in [1.807, 2.05) is 0 Å². The molecule has 2 heterocycles. The third-order valence-electron chi connectivity index (χ3n) is 4.39. The molecule has 0 spiro atoms. The van der Waals surface area contributed by atoms with Crippen LogP contribution >= 0.6 is 0 Å². The van der Waals surface area contributed by atoms with E-state index in [0.717, 1.165) is 13.0 Å². The van der Waals surface area contributed by atoms with Crippen LogP contribution < -0.4 is 4.90 Å². The average Bonchev–Trinajstić information content (AvgIpc) is 3.20. The second-order valence-electron chi connectivity index (χ2n) is 6.03. The van der Waals surface area contributed by atoms with Crippen LogP contribution in [0, 0.1) is 0 Å². The van der Waals surface area contributed by atoms with Gasteiger partial charge in [-0.25, -0.2) is 4.79 Å². The first kappa shape index (κ1) is 16.3. The van der Waals surface area contributed by atoms with Crippen LogP contribution in [0.5, 0.6) is 0 Å². The molecule has 3 rings (SSSR count). The largest absolute Gasteiger partial charge is 0.447 e. The fourth-order valence-electron chi connectivity index (χ4n) is 2.97. The van der Waals surface area contributed by atoms with Gasteiger partial charge in [0.25, 0.3) is 5.91 Å². The molecule has 0 atom stereocenters. The van der Waals surface area contributed by atoms with Crippen LogP contribution in [-0.2, 0) is 9.53 Å². The number of rotatable bonds is 5. The molecule has 0 N–H and O–H groups in total. The Bertz CT molecular complexity index is 661. The Kier molecular flexibility index (Phi) is 4.69. The molecule has 7 nitrogen and oxygen atoms in total. The number of likely N-dealkylation sites (tertiary alicyclic amines) is 1. The first-order chi connectivity index (χ1) is 11.6.